The fraction of sp³-hybridized carbons (Fsp3) is 0.500. The van der Waals surface area contributed by atoms with Gasteiger partial charge in [-0.1, -0.05) is 28.1 Å². The van der Waals surface area contributed by atoms with Crippen molar-refractivity contribution in [3.05, 3.63) is 34.3 Å². The third kappa shape index (κ3) is 3.74. The number of rotatable bonds is 2. The highest BCUT2D eigenvalue weighted by Gasteiger charge is 2.28. The molecule has 4 heteroatoms. The fourth-order valence-corrected chi connectivity index (χ4v) is 2.54. The quantitative estimate of drug-likeness (QED) is 0.880. The van der Waals surface area contributed by atoms with Crippen LogP contribution in [0.5, 0.6) is 0 Å². The van der Waals surface area contributed by atoms with E-state index < -0.39 is 5.60 Å². The van der Waals surface area contributed by atoms with Crippen LogP contribution in [0.1, 0.15) is 18.4 Å². The Bertz CT molecular complexity index is 340. The van der Waals surface area contributed by atoms with Crippen molar-refractivity contribution in [1.29, 1.82) is 0 Å². The topological polar surface area (TPSA) is 32.3 Å². The molecule has 0 amide bonds. The van der Waals surface area contributed by atoms with Crippen LogP contribution in [0.15, 0.2) is 28.7 Å². The van der Waals surface area contributed by atoms with Crippen molar-refractivity contribution in [3.63, 3.8) is 0 Å². The second-order valence-electron chi connectivity index (χ2n) is 4.28. The fourth-order valence-electron chi connectivity index (χ4n) is 2.10. The van der Waals surface area contributed by atoms with Gasteiger partial charge in [0.15, 0.2) is 0 Å². The summed E-state index contributed by atoms with van der Waals surface area (Å²) in [6, 6.07) is 8.19. The first-order valence-corrected chi connectivity index (χ1v) is 6.15. The van der Waals surface area contributed by atoms with E-state index in [1.807, 2.05) is 12.1 Å². The van der Waals surface area contributed by atoms with Crippen LogP contribution in [0.4, 0.5) is 0 Å². The maximum Gasteiger partial charge on any atom is 0.0712 e. The summed E-state index contributed by atoms with van der Waals surface area (Å²) in [7, 11) is 0. The zero-order valence-corrected chi connectivity index (χ0v) is 11.5. The maximum absolute atomic E-state index is 10.4. The van der Waals surface area contributed by atoms with Crippen LogP contribution >= 0.6 is 28.3 Å². The number of nitrogens with one attached hydrogen (secondary N) is 1. The van der Waals surface area contributed by atoms with Gasteiger partial charge in [0.25, 0.3) is 0 Å². The van der Waals surface area contributed by atoms with E-state index in [-0.39, 0.29) is 12.4 Å². The van der Waals surface area contributed by atoms with Crippen LogP contribution in [0.2, 0.25) is 0 Å². The van der Waals surface area contributed by atoms with Crippen molar-refractivity contribution >= 4 is 28.3 Å². The predicted octanol–water partition coefficient (Wildman–Crippen LogP) is 2.53. The van der Waals surface area contributed by atoms with Crippen molar-refractivity contribution in [2.45, 2.75) is 24.9 Å². The molecule has 0 spiro atoms. The number of benzene rings is 1. The van der Waals surface area contributed by atoms with Crippen LogP contribution in [-0.2, 0) is 6.42 Å². The lowest BCUT2D eigenvalue weighted by Crippen LogP contribution is -2.43. The molecule has 90 valence electrons. The van der Waals surface area contributed by atoms with E-state index in [0.29, 0.717) is 0 Å². The Morgan fingerprint density at radius 1 is 1.31 bits per heavy atom. The molecule has 2 N–H and O–H groups in total. The Balaban J connectivity index is 0.00000128. The molecule has 0 aromatic heterocycles. The van der Waals surface area contributed by atoms with Crippen LogP contribution in [0.25, 0.3) is 0 Å². The van der Waals surface area contributed by atoms with Gasteiger partial charge in [-0.3, -0.25) is 0 Å². The SMILES string of the molecule is Cl.OC1(Cc2cccc(Br)c2)CCNCC1. The number of hydrogen-bond acceptors (Lipinski definition) is 2. The summed E-state index contributed by atoms with van der Waals surface area (Å²) in [6.07, 6.45) is 2.45. The molecule has 2 nitrogen and oxygen atoms in total. The highest BCUT2D eigenvalue weighted by atomic mass is 79.9. The van der Waals surface area contributed by atoms with Gasteiger partial charge in [-0.2, -0.15) is 0 Å². The lowest BCUT2D eigenvalue weighted by molar-refractivity contribution is 0.0109. The molecule has 1 aromatic carbocycles. The van der Waals surface area contributed by atoms with Gasteiger partial charge in [0.2, 0.25) is 0 Å². The van der Waals surface area contributed by atoms with E-state index in [1.165, 1.54) is 5.56 Å². The summed E-state index contributed by atoms with van der Waals surface area (Å²) in [6.45, 7) is 1.84. The number of aliphatic hydroxyl groups is 1. The highest BCUT2D eigenvalue weighted by molar-refractivity contribution is 9.10. The Labute approximate surface area is 111 Å². The van der Waals surface area contributed by atoms with Crippen molar-refractivity contribution in [2.75, 3.05) is 13.1 Å². The highest BCUT2D eigenvalue weighted by Crippen LogP contribution is 2.24. The molecule has 0 atom stereocenters. The summed E-state index contributed by atoms with van der Waals surface area (Å²) in [5, 5.41) is 13.6. The normalized spacial score (nSPS) is 18.9. The molecule has 0 bridgehead atoms. The van der Waals surface area contributed by atoms with Crippen molar-refractivity contribution < 1.29 is 5.11 Å². The molecule has 1 fully saturated rings. The van der Waals surface area contributed by atoms with E-state index >= 15 is 0 Å². The Morgan fingerprint density at radius 3 is 2.62 bits per heavy atom. The monoisotopic (exact) mass is 305 g/mol. The minimum absolute atomic E-state index is 0. The van der Waals surface area contributed by atoms with Gasteiger partial charge in [-0.05, 0) is 43.6 Å². The molecular weight excluding hydrogens is 289 g/mol. The first-order chi connectivity index (χ1) is 7.18. The molecule has 1 aromatic rings. The van der Waals surface area contributed by atoms with E-state index in [1.54, 1.807) is 0 Å². The van der Waals surface area contributed by atoms with Crippen molar-refractivity contribution in [1.82, 2.24) is 5.32 Å². The molecule has 0 radical (unpaired) electrons. The molecule has 2 rings (SSSR count). The Kier molecular flexibility index (Phi) is 5.25. The van der Waals surface area contributed by atoms with E-state index in [9.17, 15) is 5.11 Å². The minimum atomic E-state index is -0.508. The van der Waals surface area contributed by atoms with Gasteiger partial charge in [0, 0.05) is 10.9 Å². The van der Waals surface area contributed by atoms with E-state index in [2.05, 4.69) is 33.4 Å². The Hall–Kier alpha value is -0.0900. The summed E-state index contributed by atoms with van der Waals surface area (Å²) in [5.74, 6) is 0. The summed E-state index contributed by atoms with van der Waals surface area (Å²) in [5.41, 5.74) is 0.695. The van der Waals surface area contributed by atoms with Gasteiger partial charge in [0.05, 0.1) is 5.60 Å². The zero-order chi connectivity index (χ0) is 10.7. The predicted molar refractivity (Wildman–Crippen MR) is 72.1 cm³/mol. The van der Waals surface area contributed by atoms with Gasteiger partial charge >= 0.3 is 0 Å². The number of halogens is 2. The van der Waals surface area contributed by atoms with Gasteiger partial charge in [-0.15, -0.1) is 12.4 Å². The zero-order valence-electron chi connectivity index (χ0n) is 9.08. The molecular formula is C12H17BrClNO. The largest absolute Gasteiger partial charge is 0.389 e. The minimum Gasteiger partial charge on any atom is -0.389 e. The van der Waals surface area contributed by atoms with Gasteiger partial charge in [0.1, 0.15) is 0 Å². The molecule has 1 saturated heterocycles. The molecule has 16 heavy (non-hydrogen) atoms. The summed E-state index contributed by atoms with van der Waals surface area (Å²) < 4.78 is 1.08. The average molecular weight is 307 g/mol. The van der Waals surface area contributed by atoms with Gasteiger partial charge < -0.3 is 10.4 Å². The molecule has 1 aliphatic rings. The molecule has 0 unspecified atom stereocenters. The van der Waals surface area contributed by atoms with Crippen LogP contribution < -0.4 is 5.32 Å². The Morgan fingerprint density at radius 2 is 2.00 bits per heavy atom. The third-order valence-corrected chi connectivity index (χ3v) is 3.45. The standard InChI is InChI=1S/C12H16BrNO.ClH/c13-11-3-1-2-10(8-11)9-12(15)4-6-14-7-5-12;/h1-3,8,14-15H,4-7,9H2;1H. The van der Waals surface area contributed by atoms with Crippen LogP contribution in [0, 0.1) is 0 Å². The first kappa shape index (κ1) is 14.0. The van der Waals surface area contributed by atoms with Gasteiger partial charge in [-0.25, -0.2) is 0 Å². The van der Waals surface area contributed by atoms with Crippen molar-refractivity contribution in [3.8, 4) is 0 Å². The van der Waals surface area contributed by atoms with Crippen molar-refractivity contribution in [2.24, 2.45) is 0 Å². The maximum atomic E-state index is 10.4. The third-order valence-electron chi connectivity index (χ3n) is 2.96. The number of hydrogen-bond donors (Lipinski definition) is 2. The van der Waals surface area contributed by atoms with Crippen LogP contribution in [-0.4, -0.2) is 23.8 Å². The lowest BCUT2D eigenvalue weighted by Gasteiger charge is -2.32. The molecule has 1 heterocycles. The number of piperidine rings is 1. The summed E-state index contributed by atoms with van der Waals surface area (Å²) in [4.78, 5) is 0. The molecule has 0 saturated carbocycles. The molecule has 0 aliphatic carbocycles. The summed E-state index contributed by atoms with van der Waals surface area (Å²) >= 11 is 3.45. The average Bonchev–Trinajstić information content (AvgIpc) is 2.18. The first-order valence-electron chi connectivity index (χ1n) is 5.36. The van der Waals surface area contributed by atoms with E-state index in [0.717, 1.165) is 36.8 Å². The smallest absolute Gasteiger partial charge is 0.0712 e. The lowest BCUT2D eigenvalue weighted by atomic mass is 9.86. The second-order valence-corrected chi connectivity index (χ2v) is 5.20. The van der Waals surface area contributed by atoms with Crippen LogP contribution in [0.3, 0.4) is 0 Å². The van der Waals surface area contributed by atoms with E-state index in [4.69, 9.17) is 0 Å². The second kappa shape index (κ2) is 6.01. The molecule has 1 aliphatic heterocycles.